The highest BCUT2D eigenvalue weighted by Crippen LogP contribution is 2.24. The second-order valence-electron chi connectivity index (χ2n) is 6.01. The number of benzene rings is 1. The third-order valence-electron chi connectivity index (χ3n) is 4.39. The van der Waals surface area contributed by atoms with Crippen LogP contribution in [0.2, 0.25) is 0 Å². The smallest absolute Gasteiger partial charge is 0.144 e. The molecule has 2 fully saturated rings. The highest BCUT2D eigenvalue weighted by molar-refractivity contribution is 5.85. The maximum absolute atomic E-state index is 12.1. The van der Waals surface area contributed by atoms with E-state index in [-0.39, 0.29) is 11.8 Å². The average Bonchev–Trinajstić information content (AvgIpc) is 2.40. The fraction of sp³-hybridized carbons (Fsp3) is 0.562. The fourth-order valence-electron chi connectivity index (χ4n) is 3.45. The maximum atomic E-state index is 12.1. The van der Waals surface area contributed by atoms with Crippen molar-refractivity contribution >= 4 is 5.78 Å². The SMILES string of the molecule is CN1CC2CN(CCc3ccccc3)CC(C1)C2=O. The molecular weight excluding hydrogens is 236 g/mol. The minimum atomic E-state index is 0.244. The normalized spacial score (nSPS) is 28.6. The summed E-state index contributed by atoms with van der Waals surface area (Å²) in [6.45, 7) is 4.86. The van der Waals surface area contributed by atoms with E-state index in [0.29, 0.717) is 5.78 Å². The molecule has 2 aliphatic rings. The zero-order valence-corrected chi connectivity index (χ0v) is 11.6. The van der Waals surface area contributed by atoms with Crippen LogP contribution in [0.5, 0.6) is 0 Å². The summed E-state index contributed by atoms with van der Waals surface area (Å²) < 4.78 is 0. The third-order valence-corrected chi connectivity index (χ3v) is 4.39. The predicted octanol–water partition coefficient (Wildman–Crippen LogP) is 1.29. The van der Waals surface area contributed by atoms with Gasteiger partial charge in [0.2, 0.25) is 0 Å². The van der Waals surface area contributed by atoms with Crippen LogP contribution in [-0.2, 0) is 11.2 Å². The lowest BCUT2D eigenvalue weighted by Gasteiger charge is -2.43. The minimum absolute atomic E-state index is 0.244. The molecule has 1 aromatic carbocycles. The molecule has 0 N–H and O–H groups in total. The number of Topliss-reactive ketones (excluding diaryl/α,β-unsaturated/α-hetero) is 1. The number of carbonyl (C=O) groups excluding carboxylic acids is 1. The molecule has 2 saturated heterocycles. The van der Waals surface area contributed by atoms with E-state index in [4.69, 9.17) is 0 Å². The van der Waals surface area contributed by atoms with Gasteiger partial charge in [-0.15, -0.1) is 0 Å². The topological polar surface area (TPSA) is 23.6 Å². The van der Waals surface area contributed by atoms with Gasteiger partial charge in [0.15, 0.2) is 0 Å². The first-order valence-corrected chi connectivity index (χ1v) is 7.21. The predicted molar refractivity (Wildman–Crippen MR) is 76.1 cm³/mol. The summed E-state index contributed by atoms with van der Waals surface area (Å²) in [5.41, 5.74) is 1.39. The molecule has 0 radical (unpaired) electrons. The van der Waals surface area contributed by atoms with E-state index in [0.717, 1.165) is 39.1 Å². The van der Waals surface area contributed by atoms with Crippen molar-refractivity contribution in [3.8, 4) is 0 Å². The van der Waals surface area contributed by atoms with E-state index >= 15 is 0 Å². The molecule has 3 heteroatoms. The molecule has 0 aliphatic carbocycles. The van der Waals surface area contributed by atoms with Gasteiger partial charge in [0, 0.05) is 44.6 Å². The summed E-state index contributed by atoms with van der Waals surface area (Å²) in [6.07, 6.45) is 1.09. The number of likely N-dealkylation sites (tertiary alicyclic amines) is 2. The van der Waals surface area contributed by atoms with Crippen LogP contribution in [-0.4, -0.2) is 55.4 Å². The molecule has 3 nitrogen and oxygen atoms in total. The number of piperidine rings is 2. The highest BCUT2D eigenvalue weighted by Gasteiger charge is 2.39. The highest BCUT2D eigenvalue weighted by atomic mass is 16.1. The quantitative estimate of drug-likeness (QED) is 0.816. The second kappa shape index (κ2) is 5.43. The van der Waals surface area contributed by atoms with E-state index in [9.17, 15) is 4.79 Å². The van der Waals surface area contributed by atoms with Crippen molar-refractivity contribution in [2.24, 2.45) is 11.8 Å². The van der Waals surface area contributed by atoms with E-state index in [1.54, 1.807) is 0 Å². The first-order valence-electron chi connectivity index (χ1n) is 7.21. The van der Waals surface area contributed by atoms with Gasteiger partial charge in [-0.25, -0.2) is 0 Å². The molecule has 1 aromatic rings. The number of hydrogen-bond donors (Lipinski definition) is 0. The van der Waals surface area contributed by atoms with Crippen LogP contribution in [0.1, 0.15) is 5.56 Å². The van der Waals surface area contributed by atoms with Crippen LogP contribution in [0, 0.1) is 11.8 Å². The Bertz CT molecular complexity index is 427. The summed E-state index contributed by atoms with van der Waals surface area (Å²) in [7, 11) is 2.13. The molecule has 0 spiro atoms. The van der Waals surface area contributed by atoms with Gasteiger partial charge in [-0.1, -0.05) is 30.3 Å². The summed E-state index contributed by atoms with van der Waals surface area (Å²) in [4.78, 5) is 16.9. The zero-order valence-electron chi connectivity index (χ0n) is 11.6. The zero-order chi connectivity index (χ0) is 13.2. The van der Waals surface area contributed by atoms with Crippen molar-refractivity contribution in [1.82, 2.24) is 9.80 Å². The average molecular weight is 258 g/mol. The van der Waals surface area contributed by atoms with Gasteiger partial charge in [0.25, 0.3) is 0 Å². The van der Waals surface area contributed by atoms with E-state index < -0.39 is 0 Å². The molecule has 2 bridgehead atoms. The lowest BCUT2D eigenvalue weighted by Crippen LogP contribution is -2.57. The summed E-state index contributed by atoms with van der Waals surface area (Å²) >= 11 is 0. The van der Waals surface area contributed by atoms with Crippen LogP contribution >= 0.6 is 0 Å². The molecule has 0 amide bonds. The van der Waals surface area contributed by atoms with E-state index in [2.05, 4.69) is 47.2 Å². The molecule has 19 heavy (non-hydrogen) atoms. The Balaban J connectivity index is 1.58. The monoisotopic (exact) mass is 258 g/mol. The fourth-order valence-corrected chi connectivity index (χ4v) is 3.45. The van der Waals surface area contributed by atoms with Crippen LogP contribution in [0.15, 0.2) is 30.3 Å². The van der Waals surface area contributed by atoms with Crippen LogP contribution in [0.4, 0.5) is 0 Å². The molecule has 2 atom stereocenters. The Labute approximate surface area is 115 Å². The lowest BCUT2D eigenvalue weighted by molar-refractivity contribution is -0.136. The minimum Gasteiger partial charge on any atom is -0.305 e. The van der Waals surface area contributed by atoms with E-state index in [1.165, 1.54) is 5.56 Å². The Morgan fingerprint density at radius 2 is 1.68 bits per heavy atom. The Hall–Kier alpha value is -1.19. The van der Waals surface area contributed by atoms with Crippen molar-refractivity contribution in [2.75, 3.05) is 39.8 Å². The molecule has 0 aromatic heterocycles. The number of hydrogen-bond acceptors (Lipinski definition) is 3. The van der Waals surface area contributed by atoms with Gasteiger partial charge in [-0.3, -0.25) is 4.79 Å². The van der Waals surface area contributed by atoms with Crippen molar-refractivity contribution < 1.29 is 4.79 Å². The number of fused-ring (bicyclic) bond motifs is 2. The van der Waals surface area contributed by atoms with Crippen molar-refractivity contribution in [3.63, 3.8) is 0 Å². The van der Waals surface area contributed by atoms with Crippen LogP contribution in [0.25, 0.3) is 0 Å². The van der Waals surface area contributed by atoms with Crippen LogP contribution in [0.3, 0.4) is 0 Å². The van der Waals surface area contributed by atoms with Gasteiger partial charge in [0.1, 0.15) is 5.78 Å². The number of rotatable bonds is 3. The lowest BCUT2D eigenvalue weighted by atomic mass is 9.83. The number of carbonyl (C=O) groups is 1. The standard InChI is InChI=1S/C16H22N2O/c1-17-9-14-11-18(12-15(10-17)16(14)19)8-7-13-5-3-2-4-6-13/h2-6,14-15H,7-12H2,1H3. The molecule has 0 saturated carbocycles. The van der Waals surface area contributed by atoms with Crippen LogP contribution < -0.4 is 0 Å². The Morgan fingerprint density at radius 1 is 1.05 bits per heavy atom. The van der Waals surface area contributed by atoms with Crippen molar-refractivity contribution in [2.45, 2.75) is 6.42 Å². The summed E-state index contributed by atoms with van der Waals surface area (Å²) in [5, 5.41) is 0. The first kappa shape index (κ1) is 12.8. The van der Waals surface area contributed by atoms with Gasteiger partial charge in [0.05, 0.1) is 0 Å². The largest absolute Gasteiger partial charge is 0.305 e. The van der Waals surface area contributed by atoms with Gasteiger partial charge in [-0.2, -0.15) is 0 Å². The summed E-state index contributed by atoms with van der Waals surface area (Å²) in [5.74, 6) is 0.996. The van der Waals surface area contributed by atoms with Gasteiger partial charge >= 0.3 is 0 Å². The molecule has 2 aliphatic heterocycles. The van der Waals surface area contributed by atoms with Gasteiger partial charge in [-0.05, 0) is 19.0 Å². The van der Waals surface area contributed by atoms with E-state index in [1.807, 2.05) is 0 Å². The number of nitrogens with zero attached hydrogens (tertiary/aromatic N) is 2. The number of ketones is 1. The van der Waals surface area contributed by atoms with Crippen molar-refractivity contribution in [3.05, 3.63) is 35.9 Å². The first-order chi connectivity index (χ1) is 9.22. The van der Waals surface area contributed by atoms with Gasteiger partial charge < -0.3 is 9.80 Å². The van der Waals surface area contributed by atoms with Crippen molar-refractivity contribution in [1.29, 1.82) is 0 Å². The molecular formula is C16H22N2O. The third kappa shape index (κ3) is 2.88. The Morgan fingerprint density at radius 3 is 2.32 bits per heavy atom. The second-order valence-corrected chi connectivity index (χ2v) is 6.01. The Kier molecular flexibility index (Phi) is 3.67. The maximum Gasteiger partial charge on any atom is 0.144 e. The molecule has 2 heterocycles. The molecule has 2 unspecified atom stereocenters. The molecule has 102 valence electrons. The molecule has 3 rings (SSSR count). The summed E-state index contributed by atoms with van der Waals surface area (Å²) in [6, 6.07) is 10.6.